The minimum Gasteiger partial charge on any atom is -0.349 e. The number of amides is 1. The van der Waals surface area contributed by atoms with Crippen LogP contribution in [-0.2, 0) is 23.3 Å². The highest BCUT2D eigenvalue weighted by atomic mass is 79.9. The molecule has 0 aliphatic rings. The average molecular weight is 404 g/mol. The number of rotatable bonds is 5. The summed E-state index contributed by atoms with van der Waals surface area (Å²) in [6.07, 6.45) is 1.02. The van der Waals surface area contributed by atoms with Crippen LogP contribution in [0.2, 0.25) is 0 Å². The molecule has 0 bridgehead atoms. The lowest BCUT2D eigenvalue weighted by Gasteiger charge is -2.24. The Morgan fingerprint density at radius 1 is 1.23 bits per heavy atom. The second kappa shape index (κ2) is 8.11. The van der Waals surface area contributed by atoms with Gasteiger partial charge in [-0.15, -0.1) is 23.7 Å². The van der Waals surface area contributed by atoms with E-state index in [1.807, 2.05) is 24.3 Å². The minimum absolute atomic E-state index is 0. The van der Waals surface area contributed by atoms with Crippen molar-refractivity contribution in [1.29, 1.82) is 0 Å². The van der Waals surface area contributed by atoms with Gasteiger partial charge in [-0.05, 0) is 43.2 Å². The van der Waals surface area contributed by atoms with Gasteiger partial charge in [-0.25, -0.2) is 0 Å². The van der Waals surface area contributed by atoms with Crippen molar-refractivity contribution in [2.45, 2.75) is 32.4 Å². The highest BCUT2D eigenvalue weighted by molar-refractivity contribution is 9.10. The molecule has 0 radical (unpaired) electrons. The highest BCUT2D eigenvalue weighted by Crippen LogP contribution is 2.21. The van der Waals surface area contributed by atoms with Gasteiger partial charge in [0.15, 0.2) is 0 Å². The summed E-state index contributed by atoms with van der Waals surface area (Å²) in [4.78, 5) is 14.8. The third-order valence-electron chi connectivity index (χ3n) is 3.40. The first-order valence-electron chi connectivity index (χ1n) is 6.84. The van der Waals surface area contributed by atoms with Gasteiger partial charge >= 0.3 is 0 Å². The molecule has 0 saturated carbocycles. The number of aryl methyl sites for hydroxylation is 1. The highest BCUT2D eigenvalue weighted by Gasteiger charge is 2.30. The van der Waals surface area contributed by atoms with E-state index in [0.717, 1.165) is 21.3 Å². The minimum atomic E-state index is -1.04. The van der Waals surface area contributed by atoms with Gasteiger partial charge in [0.05, 0.1) is 6.54 Å². The summed E-state index contributed by atoms with van der Waals surface area (Å²) in [5.74, 6) is -0.170. The molecule has 0 aliphatic carbocycles. The molecule has 2 aromatic rings. The lowest BCUT2D eigenvalue weighted by molar-refractivity contribution is -0.126. The quantitative estimate of drug-likeness (QED) is 0.793. The van der Waals surface area contributed by atoms with Crippen molar-refractivity contribution in [1.82, 2.24) is 5.32 Å². The summed E-state index contributed by atoms with van der Waals surface area (Å²) >= 11 is 5.10. The first kappa shape index (κ1) is 19.2. The van der Waals surface area contributed by atoms with E-state index in [0.29, 0.717) is 6.54 Å². The van der Waals surface area contributed by atoms with Crippen LogP contribution in [0.15, 0.2) is 40.9 Å². The fraction of sp³-hybridized carbons (Fsp3) is 0.312. The average Bonchev–Trinajstić information content (AvgIpc) is 2.93. The maximum Gasteiger partial charge on any atom is 0.244 e. The van der Waals surface area contributed by atoms with Crippen molar-refractivity contribution in [3.63, 3.8) is 0 Å². The Kier molecular flexibility index (Phi) is 7.06. The van der Waals surface area contributed by atoms with Crippen molar-refractivity contribution in [3.05, 3.63) is 56.2 Å². The summed E-state index contributed by atoms with van der Waals surface area (Å²) in [6, 6.07) is 11.7. The number of nitrogens with two attached hydrogens (primary N) is 1. The van der Waals surface area contributed by atoms with Crippen LogP contribution < -0.4 is 11.1 Å². The van der Waals surface area contributed by atoms with Crippen LogP contribution in [0.3, 0.4) is 0 Å². The second-order valence-corrected chi connectivity index (χ2v) is 7.28. The Balaban J connectivity index is 0.00000242. The number of carbonyl (C=O) groups excluding carboxylic acids is 1. The van der Waals surface area contributed by atoms with Crippen LogP contribution in [0.25, 0.3) is 0 Å². The molecule has 0 fully saturated rings. The molecule has 1 atom stereocenters. The van der Waals surface area contributed by atoms with E-state index in [9.17, 15) is 4.79 Å². The van der Waals surface area contributed by atoms with E-state index >= 15 is 0 Å². The van der Waals surface area contributed by atoms with Crippen LogP contribution in [0.5, 0.6) is 0 Å². The zero-order valence-corrected chi connectivity index (χ0v) is 15.8. The van der Waals surface area contributed by atoms with Crippen molar-refractivity contribution in [3.8, 4) is 0 Å². The number of hydrogen-bond donors (Lipinski definition) is 2. The maximum atomic E-state index is 12.4. The number of thiophene rings is 1. The smallest absolute Gasteiger partial charge is 0.244 e. The molecule has 6 heteroatoms. The number of carbonyl (C=O) groups is 1. The lowest BCUT2D eigenvalue weighted by atomic mass is 9.92. The van der Waals surface area contributed by atoms with Crippen LogP contribution >= 0.6 is 39.7 Å². The van der Waals surface area contributed by atoms with Gasteiger partial charge in [0.25, 0.3) is 0 Å². The summed E-state index contributed by atoms with van der Waals surface area (Å²) in [6.45, 7) is 4.38. The predicted octanol–water partition coefficient (Wildman–Crippen LogP) is 3.99. The molecule has 0 aliphatic heterocycles. The molecule has 0 saturated heterocycles. The summed E-state index contributed by atoms with van der Waals surface area (Å²) in [5, 5.41) is 2.92. The molecule has 1 heterocycles. The number of nitrogens with one attached hydrogen (secondary N) is 1. The second-order valence-electron chi connectivity index (χ2n) is 5.11. The third kappa shape index (κ3) is 4.56. The van der Waals surface area contributed by atoms with E-state index in [-0.39, 0.29) is 18.3 Å². The van der Waals surface area contributed by atoms with E-state index in [1.54, 1.807) is 18.3 Å². The van der Waals surface area contributed by atoms with Crippen LogP contribution in [0, 0.1) is 0 Å². The fourth-order valence-corrected chi connectivity index (χ4v) is 3.15. The Labute approximate surface area is 149 Å². The fourth-order valence-electron chi connectivity index (χ4n) is 1.99. The van der Waals surface area contributed by atoms with Crippen molar-refractivity contribution < 1.29 is 4.79 Å². The van der Waals surface area contributed by atoms with Gasteiger partial charge in [0, 0.05) is 14.2 Å². The van der Waals surface area contributed by atoms with E-state index in [4.69, 9.17) is 5.73 Å². The molecule has 1 unspecified atom stereocenters. The molecule has 22 heavy (non-hydrogen) atoms. The summed E-state index contributed by atoms with van der Waals surface area (Å²) in [7, 11) is 0. The van der Waals surface area contributed by atoms with Crippen LogP contribution in [0.4, 0.5) is 0 Å². The number of benzene rings is 1. The Hall–Kier alpha value is -0.880. The molecule has 1 aromatic carbocycles. The van der Waals surface area contributed by atoms with Crippen LogP contribution in [-0.4, -0.2) is 5.91 Å². The molecular weight excluding hydrogens is 384 g/mol. The standard InChI is InChI=1S/C16H19BrN2OS.ClH/c1-3-13-8-9-14(21-13)10-19-15(20)16(2,18)11-4-6-12(17)7-5-11;/h4-9H,3,10,18H2,1-2H3,(H,19,20);1H. The van der Waals surface area contributed by atoms with Gasteiger partial charge < -0.3 is 11.1 Å². The predicted molar refractivity (Wildman–Crippen MR) is 98.5 cm³/mol. The first-order valence-corrected chi connectivity index (χ1v) is 8.45. The molecule has 1 amide bonds. The molecule has 3 N–H and O–H groups in total. The Morgan fingerprint density at radius 2 is 1.82 bits per heavy atom. The maximum absolute atomic E-state index is 12.4. The van der Waals surface area contributed by atoms with E-state index < -0.39 is 5.54 Å². The van der Waals surface area contributed by atoms with Gasteiger partial charge in [-0.2, -0.15) is 0 Å². The van der Waals surface area contributed by atoms with E-state index in [2.05, 4.69) is 40.3 Å². The SMILES string of the molecule is CCc1ccc(CNC(=O)C(C)(N)c2ccc(Br)cc2)s1.Cl. The van der Waals surface area contributed by atoms with E-state index in [1.165, 1.54) is 4.88 Å². The molecule has 0 spiro atoms. The van der Waals surface area contributed by atoms with Gasteiger partial charge in [-0.1, -0.05) is 35.0 Å². The number of halogens is 2. The van der Waals surface area contributed by atoms with Gasteiger partial charge in [0.2, 0.25) is 5.91 Å². The van der Waals surface area contributed by atoms with Crippen molar-refractivity contribution in [2.24, 2.45) is 5.73 Å². The van der Waals surface area contributed by atoms with Gasteiger partial charge in [-0.3, -0.25) is 4.79 Å². The monoisotopic (exact) mass is 402 g/mol. The zero-order chi connectivity index (χ0) is 15.5. The summed E-state index contributed by atoms with van der Waals surface area (Å²) < 4.78 is 0.966. The topological polar surface area (TPSA) is 55.1 Å². The first-order chi connectivity index (χ1) is 9.93. The van der Waals surface area contributed by atoms with Crippen LogP contribution in [0.1, 0.15) is 29.2 Å². The van der Waals surface area contributed by atoms with Gasteiger partial charge in [0.1, 0.15) is 5.54 Å². The van der Waals surface area contributed by atoms with Crippen molar-refractivity contribution in [2.75, 3.05) is 0 Å². The molecule has 2 rings (SSSR count). The van der Waals surface area contributed by atoms with Crippen molar-refractivity contribution >= 4 is 45.6 Å². The lowest BCUT2D eigenvalue weighted by Crippen LogP contribution is -2.48. The third-order valence-corrected chi connectivity index (χ3v) is 5.16. The largest absolute Gasteiger partial charge is 0.349 e. The molecule has 3 nitrogen and oxygen atoms in total. The molecule has 120 valence electrons. The number of hydrogen-bond acceptors (Lipinski definition) is 3. The Bertz CT molecular complexity index is 625. The normalized spacial score (nSPS) is 13.1. The summed E-state index contributed by atoms with van der Waals surface area (Å²) in [5.41, 5.74) is 5.96. The Morgan fingerprint density at radius 3 is 2.36 bits per heavy atom. The molecular formula is C16H20BrClN2OS. The molecule has 1 aromatic heterocycles. The zero-order valence-electron chi connectivity index (χ0n) is 12.6.